The number of thiophene rings is 1. The highest BCUT2D eigenvalue weighted by molar-refractivity contribution is 7.91. The van der Waals surface area contributed by atoms with Crippen molar-refractivity contribution in [1.29, 1.82) is 0 Å². The summed E-state index contributed by atoms with van der Waals surface area (Å²) < 4.78 is 27.7. The van der Waals surface area contributed by atoms with E-state index in [9.17, 15) is 8.42 Å². The molecule has 0 saturated carbocycles. The first-order valence-electron chi connectivity index (χ1n) is 7.36. The smallest absolute Gasteiger partial charge is 0.250 e. The largest absolute Gasteiger partial charge is 0.310 e. The van der Waals surface area contributed by atoms with Crippen molar-refractivity contribution >= 4 is 21.4 Å². The van der Waals surface area contributed by atoms with Crippen LogP contribution < -0.4 is 10.0 Å². The Kier molecular flexibility index (Phi) is 5.79. The minimum absolute atomic E-state index is 0.391. The van der Waals surface area contributed by atoms with Crippen LogP contribution in [0.2, 0.25) is 0 Å². The molecule has 1 aromatic rings. The minimum atomic E-state index is -3.36. The predicted octanol–water partition coefficient (Wildman–Crippen LogP) is 1.48. The van der Waals surface area contributed by atoms with E-state index >= 15 is 0 Å². The van der Waals surface area contributed by atoms with Crippen molar-refractivity contribution in [2.24, 2.45) is 5.92 Å². The lowest BCUT2D eigenvalue weighted by Crippen LogP contribution is -2.30. The summed E-state index contributed by atoms with van der Waals surface area (Å²) in [6, 6.07) is 2.16. The van der Waals surface area contributed by atoms with Gasteiger partial charge in [-0.25, -0.2) is 13.1 Å². The summed E-state index contributed by atoms with van der Waals surface area (Å²) in [6.07, 6.45) is 1.06. The Labute approximate surface area is 131 Å². The third kappa shape index (κ3) is 5.03. The van der Waals surface area contributed by atoms with Gasteiger partial charge in [0.1, 0.15) is 4.21 Å². The van der Waals surface area contributed by atoms with Crippen LogP contribution in [0.25, 0.3) is 0 Å². The van der Waals surface area contributed by atoms with Crippen LogP contribution in [0.4, 0.5) is 0 Å². The summed E-state index contributed by atoms with van der Waals surface area (Å²) in [5.41, 5.74) is 1.02. The van der Waals surface area contributed by atoms with Crippen LogP contribution in [-0.2, 0) is 16.6 Å². The van der Waals surface area contributed by atoms with Gasteiger partial charge in [0.25, 0.3) is 0 Å². The number of hydrogen-bond donors (Lipinski definition) is 2. The number of rotatable bonds is 7. The summed E-state index contributed by atoms with van der Waals surface area (Å²) in [5.74, 6) is 0.423. The van der Waals surface area contributed by atoms with Gasteiger partial charge in [-0.05, 0) is 42.9 Å². The van der Waals surface area contributed by atoms with Crippen LogP contribution >= 0.6 is 11.3 Å². The molecule has 0 bridgehead atoms. The zero-order chi connectivity index (χ0) is 15.5. The standard InChI is InChI=1S/C14H25N3O2S2/c1-11(2)15-7-13-6-14(20-10-13)21(18,19)16-8-12-4-5-17(3)9-12/h6,10-12,15-16H,4-5,7-9H2,1-3H3. The Balaban J connectivity index is 1.90. The van der Waals surface area contributed by atoms with Crippen molar-refractivity contribution in [2.75, 3.05) is 26.7 Å². The lowest BCUT2D eigenvalue weighted by atomic mass is 10.1. The van der Waals surface area contributed by atoms with Gasteiger partial charge in [-0.1, -0.05) is 13.8 Å². The first-order chi connectivity index (χ1) is 9.87. The molecule has 1 fully saturated rings. The highest BCUT2D eigenvalue weighted by atomic mass is 32.2. The third-order valence-corrected chi connectivity index (χ3v) is 6.57. The number of nitrogens with zero attached hydrogens (tertiary/aromatic N) is 1. The molecule has 2 N–H and O–H groups in total. The summed E-state index contributed by atoms with van der Waals surface area (Å²) in [7, 11) is -1.29. The maximum atomic E-state index is 12.3. The zero-order valence-corrected chi connectivity index (χ0v) is 14.6. The molecule has 0 amide bonds. The predicted molar refractivity (Wildman–Crippen MR) is 87.1 cm³/mol. The maximum absolute atomic E-state index is 12.3. The Morgan fingerprint density at radius 3 is 2.86 bits per heavy atom. The molecule has 7 heteroatoms. The Hall–Kier alpha value is -0.470. The Bertz CT molecular complexity index is 554. The average molecular weight is 332 g/mol. The van der Waals surface area contributed by atoms with Crippen LogP contribution in [0.3, 0.4) is 0 Å². The number of sulfonamides is 1. The molecule has 1 atom stereocenters. The van der Waals surface area contributed by atoms with Crippen molar-refractivity contribution in [1.82, 2.24) is 14.9 Å². The van der Waals surface area contributed by atoms with Crippen LogP contribution in [0.15, 0.2) is 15.7 Å². The lowest BCUT2D eigenvalue weighted by Gasteiger charge is -2.11. The van der Waals surface area contributed by atoms with E-state index in [1.807, 2.05) is 5.38 Å². The second-order valence-corrected chi connectivity index (χ2v) is 8.98. The number of likely N-dealkylation sites (tertiary alicyclic amines) is 1. The van der Waals surface area contributed by atoms with E-state index in [0.717, 1.165) is 25.1 Å². The molecule has 0 radical (unpaired) electrons. The quantitative estimate of drug-likeness (QED) is 0.794. The number of nitrogens with one attached hydrogen (secondary N) is 2. The molecule has 21 heavy (non-hydrogen) atoms. The van der Waals surface area contributed by atoms with Gasteiger partial charge in [-0.2, -0.15) is 0 Å². The normalized spacial score (nSPS) is 20.5. The molecule has 1 aliphatic rings. The molecule has 1 aromatic heterocycles. The molecule has 5 nitrogen and oxygen atoms in total. The van der Waals surface area contributed by atoms with Crippen LogP contribution in [0, 0.1) is 5.92 Å². The van der Waals surface area contributed by atoms with Gasteiger partial charge in [0.2, 0.25) is 10.0 Å². The van der Waals surface area contributed by atoms with Crippen LogP contribution in [0.1, 0.15) is 25.8 Å². The van der Waals surface area contributed by atoms with E-state index in [0.29, 0.717) is 29.3 Å². The monoisotopic (exact) mass is 331 g/mol. The van der Waals surface area contributed by atoms with Crippen molar-refractivity contribution in [2.45, 2.75) is 37.1 Å². The van der Waals surface area contributed by atoms with Crippen molar-refractivity contribution in [3.63, 3.8) is 0 Å². The molecule has 0 aromatic carbocycles. The van der Waals surface area contributed by atoms with Gasteiger partial charge in [0, 0.05) is 25.7 Å². The second kappa shape index (κ2) is 7.19. The van der Waals surface area contributed by atoms with Gasteiger partial charge in [0.15, 0.2) is 0 Å². The summed E-state index contributed by atoms with van der Waals surface area (Å²) in [4.78, 5) is 2.24. The van der Waals surface area contributed by atoms with Crippen molar-refractivity contribution < 1.29 is 8.42 Å². The second-order valence-electron chi connectivity index (χ2n) is 6.08. The lowest BCUT2D eigenvalue weighted by molar-refractivity contribution is 0.394. The fourth-order valence-electron chi connectivity index (χ4n) is 2.40. The SMILES string of the molecule is CC(C)NCc1csc(S(=O)(=O)NCC2CCN(C)C2)c1. The van der Waals surface area contributed by atoms with Gasteiger partial charge < -0.3 is 10.2 Å². The Morgan fingerprint density at radius 2 is 2.24 bits per heavy atom. The third-order valence-electron chi connectivity index (χ3n) is 3.66. The fraction of sp³-hybridized carbons (Fsp3) is 0.714. The molecule has 0 spiro atoms. The minimum Gasteiger partial charge on any atom is -0.310 e. The molecule has 1 unspecified atom stereocenters. The van der Waals surface area contributed by atoms with Gasteiger partial charge >= 0.3 is 0 Å². The fourth-order valence-corrected chi connectivity index (χ4v) is 4.77. The Morgan fingerprint density at radius 1 is 1.48 bits per heavy atom. The first-order valence-corrected chi connectivity index (χ1v) is 9.72. The van der Waals surface area contributed by atoms with Crippen LogP contribution in [-0.4, -0.2) is 46.0 Å². The molecule has 1 saturated heterocycles. The highest BCUT2D eigenvalue weighted by Crippen LogP contribution is 2.21. The molecular weight excluding hydrogens is 306 g/mol. The van der Waals surface area contributed by atoms with E-state index in [1.54, 1.807) is 6.07 Å². The zero-order valence-electron chi connectivity index (χ0n) is 12.9. The first kappa shape index (κ1) is 16.9. The van der Waals surface area contributed by atoms with E-state index in [-0.39, 0.29) is 0 Å². The summed E-state index contributed by atoms with van der Waals surface area (Å²) in [5, 5.41) is 5.20. The van der Waals surface area contributed by atoms with Crippen molar-refractivity contribution in [3.8, 4) is 0 Å². The summed E-state index contributed by atoms with van der Waals surface area (Å²) >= 11 is 1.29. The van der Waals surface area contributed by atoms with Gasteiger partial charge in [-0.15, -0.1) is 11.3 Å². The maximum Gasteiger partial charge on any atom is 0.250 e. The molecule has 120 valence electrons. The van der Waals surface area contributed by atoms with Crippen molar-refractivity contribution in [3.05, 3.63) is 17.0 Å². The van der Waals surface area contributed by atoms with E-state index in [2.05, 4.69) is 35.8 Å². The average Bonchev–Trinajstić information content (AvgIpc) is 3.03. The molecule has 2 rings (SSSR count). The van der Waals surface area contributed by atoms with E-state index < -0.39 is 10.0 Å². The molecule has 0 aliphatic carbocycles. The molecule has 1 aliphatic heterocycles. The van der Waals surface area contributed by atoms with Crippen LogP contribution in [0.5, 0.6) is 0 Å². The molecule has 2 heterocycles. The highest BCUT2D eigenvalue weighted by Gasteiger charge is 2.23. The van der Waals surface area contributed by atoms with Gasteiger partial charge in [0.05, 0.1) is 0 Å². The number of hydrogen-bond acceptors (Lipinski definition) is 5. The summed E-state index contributed by atoms with van der Waals surface area (Å²) in [6.45, 7) is 7.41. The molecular formula is C14H25N3O2S2. The van der Waals surface area contributed by atoms with E-state index in [1.165, 1.54) is 11.3 Å². The topological polar surface area (TPSA) is 61.4 Å². The van der Waals surface area contributed by atoms with E-state index in [4.69, 9.17) is 0 Å². The van der Waals surface area contributed by atoms with Gasteiger partial charge in [-0.3, -0.25) is 0 Å².